The Bertz CT molecular complexity index is 838. The highest BCUT2D eigenvalue weighted by molar-refractivity contribution is 5.67. The number of aliphatic hydroxyl groups is 4. The molecule has 0 unspecified atom stereocenters. The van der Waals surface area contributed by atoms with Crippen LogP contribution in [0.4, 0.5) is 0 Å². The second-order valence-electron chi connectivity index (χ2n) is 11.3. The van der Waals surface area contributed by atoms with Crippen LogP contribution in [0, 0.1) is 34.0 Å². The summed E-state index contributed by atoms with van der Waals surface area (Å²) in [4.78, 5) is 24.2. The summed E-state index contributed by atoms with van der Waals surface area (Å²) >= 11 is 0. The van der Waals surface area contributed by atoms with E-state index in [-0.39, 0.29) is 12.3 Å². The molecule has 4 N–H and O–H groups in total. The molecule has 1 spiro atoms. The number of aliphatic hydroxyl groups excluding tert-OH is 4. The molecule has 0 aromatic carbocycles. The minimum Gasteiger partial charge on any atom is -0.462 e. The van der Waals surface area contributed by atoms with Crippen LogP contribution in [0.3, 0.4) is 0 Å². The largest absolute Gasteiger partial charge is 0.462 e. The van der Waals surface area contributed by atoms with Gasteiger partial charge in [-0.05, 0) is 29.7 Å². The van der Waals surface area contributed by atoms with Crippen LogP contribution in [0.5, 0.6) is 0 Å². The van der Waals surface area contributed by atoms with Crippen LogP contribution in [0.15, 0.2) is 12.2 Å². The summed E-state index contributed by atoms with van der Waals surface area (Å²) in [5.41, 5.74) is -2.45. The summed E-state index contributed by atoms with van der Waals surface area (Å²) in [5.74, 6) is -2.63. The summed E-state index contributed by atoms with van der Waals surface area (Å²) in [6.07, 6.45) is -5.12. The van der Waals surface area contributed by atoms with Crippen molar-refractivity contribution in [3.63, 3.8) is 0 Å². The Labute approximate surface area is 188 Å². The second-order valence-corrected chi connectivity index (χ2v) is 11.3. The lowest BCUT2D eigenvalue weighted by Crippen LogP contribution is -2.77. The van der Waals surface area contributed by atoms with Gasteiger partial charge in [0, 0.05) is 42.9 Å². The fourth-order valence-electron chi connectivity index (χ4n) is 8.40. The van der Waals surface area contributed by atoms with Crippen LogP contribution in [0.2, 0.25) is 0 Å². The quantitative estimate of drug-likeness (QED) is 0.359. The molecular weight excluding hydrogens is 416 g/mol. The number of ether oxygens (including phenoxy) is 2. The maximum absolute atomic E-state index is 12.1. The van der Waals surface area contributed by atoms with Crippen molar-refractivity contribution in [2.75, 3.05) is 0 Å². The summed E-state index contributed by atoms with van der Waals surface area (Å²) in [6, 6.07) is 0. The zero-order chi connectivity index (χ0) is 24.0. The molecule has 4 saturated carbocycles. The Morgan fingerprint density at radius 2 is 1.56 bits per heavy atom. The second kappa shape index (κ2) is 7.26. The van der Waals surface area contributed by atoms with Crippen molar-refractivity contribution >= 4 is 11.9 Å². The summed E-state index contributed by atoms with van der Waals surface area (Å²) < 4.78 is 11.4. The normalized spacial score (nSPS) is 51.4. The lowest BCUT2D eigenvalue weighted by Gasteiger charge is -2.69. The molecule has 0 aliphatic heterocycles. The maximum Gasteiger partial charge on any atom is 0.303 e. The van der Waals surface area contributed by atoms with E-state index in [1.54, 1.807) is 0 Å². The Hall–Kier alpha value is -1.48. The van der Waals surface area contributed by atoms with E-state index in [1.165, 1.54) is 13.8 Å². The number of carbonyl (C=O) groups excluding carboxylic acids is 2. The maximum atomic E-state index is 12.1. The molecule has 0 amide bonds. The zero-order valence-electron chi connectivity index (χ0n) is 19.4. The van der Waals surface area contributed by atoms with Crippen LogP contribution >= 0.6 is 0 Å². The molecule has 0 aromatic rings. The van der Waals surface area contributed by atoms with Gasteiger partial charge in [0.15, 0.2) is 0 Å². The standard InChI is InChI=1S/C24H36O8/c1-10-13-7-14(27)18-23(6)16(31-11(2)25)8-15(28)22(4,5)19(23)17(29)21(32-12(3)26)24(18,9-13)20(10)30/h13-21,27-30H,1,7-9H2,2-6H3/t13-,14+,15+,16+,17-,18+,19-,20-,21+,23+,24+/m1/s1. The van der Waals surface area contributed by atoms with Gasteiger partial charge in [0.25, 0.3) is 0 Å². The lowest BCUT2D eigenvalue weighted by molar-refractivity contribution is -0.322. The third kappa shape index (κ3) is 2.82. The van der Waals surface area contributed by atoms with Crippen LogP contribution in [0.25, 0.3) is 0 Å². The van der Waals surface area contributed by atoms with Gasteiger partial charge in [-0.3, -0.25) is 9.59 Å². The summed E-state index contributed by atoms with van der Waals surface area (Å²) in [5, 5.41) is 45.7. The number of fused-ring (bicyclic) bond motifs is 3. The first kappa shape index (κ1) is 23.7. The molecule has 8 heteroatoms. The first-order chi connectivity index (χ1) is 14.7. The van der Waals surface area contributed by atoms with Crippen molar-refractivity contribution < 1.29 is 39.5 Å². The summed E-state index contributed by atoms with van der Waals surface area (Å²) in [7, 11) is 0. The van der Waals surface area contributed by atoms with E-state index in [0.29, 0.717) is 18.4 Å². The van der Waals surface area contributed by atoms with Crippen LogP contribution in [0.1, 0.15) is 53.9 Å². The highest BCUT2D eigenvalue weighted by atomic mass is 16.6. The van der Waals surface area contributed by atoms with Crippen LogP contribution < -0.4 is 0 Å². The van der Waals surface area contributed by atoms with E-state index < -0.39 is 76.6 Å². The van der Waals surface area contributed by atoms with Crippen LogP contribution in [-0.2, 0) is 19.1 Å². The molecule has 0 heterocycles. The van der Waals surface area contributed by atoms with E-state index in [2.05, 4.69) is 6.58 Å². The van der Waals surface area contributed by atoms with Gasteiger partial charge in [0.1, 0.15) is 12.2 Å². The van der Waals surface area contributed by atoms with Gasteiger partial charge in [0.05, 0.1) is 24.4 Å². The molecule has 4 rings (SSSR count). The average molecular weight is 453 g/mol. The molecular formula is C24H36O8. The molecule has 32 heavy (non-hydrogen) atoms. The van der Waals surface area contributed by atoms with Gasteiger partial charge in [-0.1, -0.05) is 27.4 Å². The van der Waals surface area contributed by atoms with Crippen molar-refractivity contribution in [2.45, 2.75) is 90.5 Å². The number of carbonyl (C=O) groups is 2. The summed E-state index contributed by atoms with van der Waals surface area (Å²) in [6.45, 7) is 12.1. The highest BCUT2D eigenvalue weighted by Gasteiger charge is 2.78. The zero-order valence-corrected chi connectivity index (χ0v) is 19.4. The molecule has 0 saturated heterocycles. The fraction of sp³-hybridized carbons (Fsp3) is 0.833. The third-order valence-electron chi connectivity index (χ3n) is 9.39. The Morgan fingerprint density at radius 1 is 0.969 bits per heavy atom. The molecule has 4 aliphatic carbocycles. The third-order valence-corrected chi connectivity index (χ3v) is 9.39. The van der Waals surface area contributed by atoms with Crippen molar-refractivity contribution in [2.24, 2.45) is 34.0 Å². The van der Waals surface area contributed by atoms with Crippen molar-refractivity contribution in [3.8, 4) is 0 Å². The molecule has 4 aliphatic rings. The molecule has 4 fully saturated rings. The van der Waals surface area contributed by atoms with Gasteiger partial charge in [0.2, 0.25) is 0 Å². The lowest BCUT2D eigenvalue weighted by atomic mass is 9.37. The topological polar surface area (TPSA) is 134 Å². The monoisotopic (exact) mass is 452 g/mol. The number of rotatable bonds is 2. The minimum absolute atomic E-state index is 0.143. The van der Waals surface area contributed by atoms with Gasteiger partial charge in [-0.2, -0.15) is 0 Å². The minimum atomic E-state index is -1.25. The SMILES string of the molecule is C=C1[C@@H]2C[C@H](O)[C@H]3[C@]4(C)[C@@H](OC(C)=O)C[C@H](O)C(C)(C)[C@H]4[C@@H](O)[C@H](OC(C)=O)[C@]3(C2)[C@@H]1O. The first-order valence-corrected chi connectivity index (χ1v) is 11.5. The molecule has 11 atom stereocenters. The first-order valence-electron chi connectivity index (χ1n) is 11.5. The average Bonchev–Trinajstić information content (AvgIpc) is 2.84. The van der Waals surface area contributed by atoms with Gasteiger partial charge in [-0.15, -0.1) is 0 Å². The van der Waals surface area contributed by atoms with Crippen molar-refractivity contribution in [1.29, 1.82) is 0 Å². The Kier molecular flexibility index (Phi) is 5.37. The molecule has 2 bridgehead atoms. The van der Waals surface area contributed by atoms with Crippen molar-refractivity contribution in [1.82, 2.24) is 0 Å². The fourth-order valence-corrected chi connectivity index (χ4v) is 8.40. The van der Waals surface area contributed by atoms with E-state index in [9.17, 15) is 30.0 Å². The number of hydrogen-bond acceptors (Lipinski definition) is 8. The predicted molar refractivity (Wildman–Crippen MR) is 113 cm³/mol. The smallest absolute Gasteiger partial charge is 0.303 e. The Balaban J connectivity index is 1.99. The number of esters is 2. The van der Waals surface area contributed by atoms with E-state index in [4.69, 9.17) is 9.47 Å². The van der Waals surface area contributed by atoms with Gasteiger partial charge in [-0.25, -0.2) is 0 Å². The van der Waals surface area contributed by atoms with Gasteiger partial charge < -0.3 is 29.9 Å². The van der Waals surface area contributed by atoms with Crippen molar-refractivity contribution in [3.05, 3.63) is 12.2 Å². The Morgan fingerprint density at radius 3 is 2.12 bits per heavy atom. The molecule has 8 nitrogen and oxygen atoms in total. The predicted octanol–water partition coefficient (Wildman–Crippen LogP) is 0.942. The van der Waals surface area contributed by atoms with Crippen LogP contribution in [-0.4, -0.2) is 69.0 Å². The molecule has 0 radical (unpaired) electrons. The van der Waals surface area contributed by atoms with E-state index in [0.717, 1.165) is 0 Å². The van der Waals surface area contributed by atoms with Gasteiger partial charge >= 0.3 is 11.9 Å². The van der Waals surface area contributed by atoms with E-state index in [1.807, 2.05) is 20.8 Å². The molecule has 0 aromatic heterocycles. The number of hydrogen-bond donors (Lipinski definition) is 4. The highest BCUT2D eigenvalue weighted by Crippen LogP contribution is 2.72. The molecule has 180 valence electrons. The van der Waals surface area contributed by atoms with E-state index >= 15 is 0 Å².